The summed E-state index contributed by atoms with van der Waals surface area (Å²) in [5, 5.41) is 1.62. The molecule has 2 aliphatic heterocycles. The van der Waals surface area contributed by atoms with E-state index in [4.69, 9.17) is 4.74 Å². The van der Waals surface area contributed by atoms with E-state index in [2.05, 4.69) is 14.8 Å². The molecule has 0 bridgehead atoms. The Morgan fingerprint density at radius 2 is 1.73 bits per heavy atom. The number of hydrogen-bond donors (Lipinski definition) is 0. The first-order valence-electron chi connectivity index (χ1n) is 11.3. The van der Waals surface area contributed by atoms with Crippen LogP contribution in [0.25, 0.3) is 10.8 Å². The van der Waals surface area contributed by atoms with Crippen LogP contribution in [0.2, 0.25) is 0 Å². The van der Waals surface area contributed by atoms with Gasteiger partial charge in [0, 0.05) is 49.0 Å². The zero-order valence-electron chi connectivity index (χ0n) is 18.3. The number of anilines is 1. The van der Waals surface area contributed by atoms with E-state index in [-0.39, 0.29) is 17.5 Å². The van der Waals surface area contributed by atoms with Gasteiger partial charge in [0.2, 0.25) is 0 Å². The predicted octanol–water partition coefficient (Wildman–Crippen LogP) is 4.67. The molecule has 5 nitrogen and oxygen atoms in total. The number of nitrogens with zero attached hydrogens (tertiary/aromatic N) is 3. The van der Waals surface area contributed by atoms with E-state index in [1.807, 2.05) is 24.3 Å². The number of hydrogen-bond acceptors (Lipinski definition) is 4. The minimum Gasteiger partial charge on any atom is -0.490 e. The Balaban J connectivity index is 1.08. The van der Waals surface area contributed by atoms with Gasteiger partial charge in [-0.1, -0.05) is 24.3 Å². The zero-order valence-corrected chi connectivity index (χ0v) is 18.3. The molecule has 0 saturated carbocycles. The summed E-state index contributed by atoms with van der Waals surface area (Å²) in [4.78, 5) is 20.0. The molecule has 1 fully saturated rings. The largest absolute Gasteiger partial charge is 0.490 e. The van der Waals surface area contributed by atoms with Crippen LogP contribution in [0.15, 0.2) is 53.5 Å². The Hall–Kier alpha value is -3.32. The lowest BCUT2D eigenvalue weighted by atomic mass is 10.1. The van der Waals surface area contributed by atoms with Gasteiger partial charge in [-0.25, -0.2) is 13.8 Å². The van der Waals surface area contributed by atoms with E-state index >= 15 is 0 Å². The molecule has 0 N–H and O–H groups in total. The number of amides is 1. The maximum atomic E-state index is 14.5. The van der Waals surface area contributed by atoms with Crippen LogP contribution in [0, 0.1) is 11.6 Å². The van der Waals surface area contributed by atoms with E-state index in [0.717, 1.165) is 56.6 Å². The van der Waals surface area contributed by atoms with Gasteiger partial charge in [0.05, 0.1) is 12.2 Å². The SMILES string of the molecule is O=C1N=Cc2cc(F)c(OCCCCN3CCN(c4cccc5cccc(F)c45)CC3)cc21. The molecule has 7 heteroatoms. The molecule has 0 aliphatic carbocycles. The number of rotatable bonds is 7. The molecule has 33 heavy (non-hydrogen) atoms. The first-order chi connectivity index (χ1) is 16.1. The lowest BCUT2D eigenvalue weighted by Gasteiger charge is -2.36. The summed E-state index contributed by atoms with van der Waals surface area (Å²) in [6.45, 7) is 4.83. The molecule has 0 atom stereocenters. The number of carbonyl (C=O) groups is 1. The fraction of sp³-hybridized carbons (Fsp3) is 0.308. The molecular weight excluding hydrogens is 424 g/mol. The van der Waals surface area contributed by atoms with Gasteiger partial charge in [-0.2, -0.15) is 0 Å². The van der Waals surface area contributed by atoms with Crippen molar-refractivity contribution in [3.63, 3.8) is 0 Å². The van der Waals surface area contributed by atoms with Gasteiger partial charge >= 0.3 is 0 Å². The van der Waals surface area contributed by atoms with E-state index in [1.54, 1.807) is 6.07 Å². The van der Waals surface area contributed by atoms with Crippen molar-refractivity contribution in [1.82, 2.24) is 4.90 Å². The fourth-order valence-electron chi connectivity index (χ4n) is 4.54. The van der Waals surface area contributed by atoms with Gasteiger partial charge in [0.25, 0.3) is 5.91 Å². The zero-order chi connectivity index (χ0) is 22.8. The molecule has 2 aliphatic rings. The van der Waals surface area contributed by atoms with Crippen molar-refractivity contribution >= 4 is 28.6 Å². The van der Waals surface area contributed by atoms with Crippen molar-refractivity contribution in [3.05, 3.63) is 71.3 Å². The third-order valence-electron chi connectivity index (χ3n) is 6.33. The second-order valence-electron chi connectivity index (χ2n) is 8.43. The molecule has 3 aromatic carbocycles. The maximum Gasteiger partial charge on any atom is 0.277 e. The second-order valence-corrected chi connectivity index (χ2v) is 8.43. The lowest BCUT2D eigenvalue weighted by molar-refractivity contribution is 0.101. The average Bonchev–Trinajstić information content (AvgIpc) is 3.18. The maximum absolute atomic E-state index is 14.5. The number of aliphatic imine (C=N–C) groups is 1. The molecule has 0 radical (unpaired) electrons. The minimum absolute atomic E-state index is 0.100. The van der Waals surface area contributed by atoms with Crippen LogP contribution < -0.4 is 9.64 Å². The van der Waals surface area contributed by atoms with Crippen molar-refractivity contribution in [2.75, 3.05) is 44.2 Å². The van der Waals surface area contributed by atoms with Crippen LogP contribution in [-0.4, -0.2) is 56.4 Å². The van der Waals surface area contributed by atoms with Gasteiger partial charge in [-0.3, -0.25) is 9.69 Å². The average molecular weight is 450 g/mol. The molecule has 1 saturated heterocycles. The summed E-state index contributed by atoms with van der Waals surface area (Å²) in [5.74, 6) is -0.915. The normalized spacial score (nSPS) is 15.9. The quantitative estimate of drug-likeness (QED) is 0.492. The highest BCUT2D eigenvalue weighted by Gasteiger charge is 2.21. The monoisotopic (exact) mass is 449 g/mol. The minimum atomic E-state index is -0.476. The van der Waals surface area contributed by atoms with Crippen LogP contribution in [0.3, 0.4) is 0 Å². The Morgan fingerprint density at radius 1 is 0.939 bits per heavy atom. The number of fused-ring (bicyclic) bond motifs is 2. The highest BCUT2D eigenvalue weighted by molar-refractivity contribution is 6.13. The van der Waals surface area contributed by atoms with E-state index in [0.29, 0.717) is 23.1 Å². The number of halogens is 2. The van der Waals surface area contributed by atoms with Crippen molar-refractivity contribution < 1.29 is 18.3 Å². The van der Waals surface area contributed by atoms with Crippen molar-refractivity contribution in [3.8, 4) is 5.75 Å². The Kier molecular flexibility index (Phi) is 6.05. The van der Waals surface area contributed by atoms with E-state index in [1.165, 1.54) is 24.4 Å². The summed E-state index contributed by atoms with van der Waals surface area (Å²) >= 11 is 0. The number of piperazine rings is 1. The molecule has 1 amide bonds. The lowest BCUT2D eigenvalue weighted by Crippen LogP contribution is -2.46. The smallest absolute Gasteiger partial charge is 0.277 e. The Labute approximate surface area is 191 Å². The predicted molar refractivity (Wildman–Crippen MR) is 126 cm³/mol. The molecule has 0 unspecified atom stereocenters. The molecule has 2 heterocycles. The topological polar surface area (TPSA) is 45.1 Å². The highest BCUT2D eigenvalue weighted by Crippen LogP contribution is 2.30. The van der Waals surface area contributed by atoms with E-state index in [9.17, 15) is 13.6 Å². The van der Waals surface area contributed by atoms with E-state index < -0.39 is 5.82 Å². The molecule has 3 aromatic rings. The second kappa shape index (κ2) is 9.27. The number of ether oxygens (including phenoxy) is 1. The molecular formula is C26H25F2N3O2. The Bertz CT molecular complexity index is 1210. The van der Waals surface area contributed by atoms with Crippen molar-refractivity contribution in [1.29, 1.82) is 0 Å². The van der Waals surface area contributed by atoms with Crippen LogP contribution in [0.5, 0.6) is 5.75 Å². The summed E-state index contributed by atoms with van der Waals surface area (Å²) in [6, 6.07) is 13.9. The third kappa shape index (κ3) is 4.46. The van der Waals surface area contributed by atoms with Crippen LogP contribution >= 0.6 is 0 Å². The molecule has 0 spiro atoms. The third-order valence-corrected chi connectivity index (χ3v) is 6.33. The summed E-state index contributed by atoms with van der Waals surface area (Å²) < 4.78 is 34.2. The number of carbonyl (C=O) groups excluding carboxylic acids is 1. The van der Waals surface area contributed by atoms with Crippen LogP contribution in [0.1, 0.15) is 28.8 Å². The van der Waals surface area contributed by atoms with Crippen molar-refractivity contribution in [2.45, 2.75) is 12.8 Å². The van der Waals surface area contributed by atoms with Gasteiger partial charge in [-0.15, -0.1) is 0 Å². The summed E-state index contributed by atoms with van der Waals surface area (Å²) in [7, 11) is 0. The molecule has 170 valence electrons. The van der Waals surface area contributed by atoms with Gasteiger partial charge < -0.3 is 9.64 Å². The van der Waals surface area contributed by atoms with Gasteiger partial charge in [-0.05, 0) is 49.0 Å². The molecule has 5 rings (SSSR count). The number of unbranched alkanes of at least 4 members (excludes halogenated alkanes) is 1. The Morgan fingerprint density at radius 3 is 2.55 bits per heavy atom. The van der Waals surface area contributed by atoms with Gasteiger partial charge in [0.1, 0.15) is 5.82 Å². The highest BCUT2D eigenvalue weighted by atomic mass is 19.1. The summed E-state index contributed by atoms with van der Waals surface area (Å²) in [6.07, 6.45) is 3.09. The summed E-state index contributed by atoms with van der Waals surface area (Å²) in [5.41, 5.74) is 1.84. The fourth-order valence-corrected chi connectivity index (χ4v) is 4.54. The van der Waals surface area contributed by atoms with Crippen LogP contribution in [-0.2, 0) is 0 Å². The number of benzene rings is 3. The molecule has 0 aromatic heterocycles. The van der Waals surface area contributed by atoms with Gasteiger partial charge in [0.15, 0.2) is 11.6 Å². The first kappa shape index (κ1) is 21.5. The van der Waals surface area contributed by atoms with Crippen LogP contribution in [0.4, 0.5) is 14.5 Å². The standard InChI is InChI=1S/C26H25F2N3O2/c27-21-7-3-5-18-6-4-8-23(25(18)21)31-12-10-30(11-13-31)9-1-2-14-33-24-16-20-19(15-22(24)28)17-29-26(20)32/h3-8,15-17H,1-2,9-14H2. The first-order valence-corrected chi connectivity index (χ1v) is 11.3. The van der Waals surface area contributed by atoms with Crippen molar-refractivity contribution in [2.24, 2.45) is 4.99 Å².